The monoisotopic (exact) mass is 454 g/mol. The molecule has 0 radical (unpaired) electrons. The summed E-state index contributed by atoms with van der Waals surface area (Å²) in [5.41, 5.74) is 1.28. The first-order chi connectivity index (χ1) is 15.1. The second-order valence-electron chi connectivity index (χ2n) is 8.74. The highest BCUT2D eigenvalue weighted by Crippen LogP contribution is 2.41. The van der Waals surface area contributed by atoms with Gasteiger partial charge in [-0.25, -0.2) is 13.2 Å². The van der Waals surface area contributed by atoms with Crippen LogP contribution in [0, 0.1) is 23.4 Å². The molecule has 2 aliphatic rings. The van der Waals surface area contributed by atoms with E-state index in [1.54, 1.807) is 0 Å². The van der Waals surface area contributed by atoms with Crippen LogP contribution in [0.2, 0.25) is 0 Å². The SMILES string of the molecule is CCCC1CCC(c2cc(F)c(C3=Cc4cc(F)c(OC(F)(F)F)cc4C3)c(F)c2)CC1. The van der Waals surface area contributed by atoms with E-state index in [0.717, 1.165) is 44.2 Å². The van der Waals surface area contributed by atoms with Crippen LogP contribution in [-0.2, 0) is 6.42 Å². The van der Waals surface area contributed by atoms with Crippen molar-refractivity contribution in [2.45, 2.75) is 64.1 Å². The third-order valence-corrected chi connectivity index (χ3v) is 6.53. The Morgan fingerprint density at radius 3 is 2.16 bits per heavy atom. The number of fused-ring (bicyclic) bond motifs is 1. The number of benzene rings is 2. The van der Waals surface area contributed by atoms with Crippen LogP contribution in [0.25, 0.3) is 11.6 Å². The molecule has 32 heavy (non-hydrogen) atoms. The van der Waals surface area contributed by atoms with Gasteiger partial charge in [-0.3, -0.25) is 0 Å². The number of alkyl halides is 3. The van der Waals surface area contributed by atoms with E-state index in [1.165, 1.54) is 24.6 Å². The molecule has 0 unspecified atom stereocenters. The molecule has 2 aliphatic carbocycles. The van der Waals surface area contributed by atoms with Crippen LogP contribution in [0.3, 0.4) is 0 Å². The Labute approximate surface area is 183 Å². The zero-order valence-electron chi connectivity index (χ0n) is 17.7. The molecular formula is C25H24F6O. The van der Waals surface area contributed by atoms with Gasteiger partial charge in [0.2, 0.25) is 0 Å². The highest BCUT2D eigenvalue weighted by molar-refractivity contribution is 5.89. The van der Waals surface area contributed by atoms with Crippen molar-refractivity contribution < 1.29 is 31.1 Å². The lowest BCUT2D eigenvalue weighted by molar-refractivity contribution is -0.275. The van der Waals surface area contributed by atoms with Gasteiger partial charge in [0.25, 0.3) is 0 Å². The van der Waals surface area contributed by atoms with Crippen molar-refractivity contribution >= 4 is 11.6 Å². The topological polar surface area (TPSA) is 9.23 Å². The molecule has 0 heterocycles. The molecule has 0 aliphatic heterocycles. The minimum Gasteiger partial charge on any atom is -0.403 e. The first kappa shape index (κ1) is 22.7. The molecule has 1 saturated carbocycles. The van der Waals surface area contributed by atoms with Crippen molar-refractivity contribution in [3.8, 4) is 5.75 Å². The van der Waals surface area contributed by atoms with E-state index in [4.69, 9.17) is 0 Å². The fraction of sp³-hybridized carbons (Fsp3) is 0.440. The van der Waals surface area contributed by atoms with Gasteiger partial charge in [-0.05, 0) is 90.5 Å². The van der Waals surface area contributed by atoms with Gasteiger partial charge in [-0.15, -0.1) is 13.2 Å². The normalized spacial score (nSPS) is 20.8. The predicted octanol–water partition coefficient (Wildman–Crippen LogP) is 8.17. The molecule has 0 bridgehead atoms. The van der Waals surface area contributed by atoms with Gasteiger partial charge >= 0.3 is 6.36 Å². The van der Waals surface area contributed by atoms with Gasteiger partial charge in [0.1, 0.15) is 11.6 Å². The Balaban J connectivity index is 1.55. The predicted molar refractivity (Wildman–Crippen MR) is 111 cm³/mol. The maximum absolute atomic E-state index is 15.0. The maximum atomic E-state index is 15.0. The van der Waals surface area contributed by atoms with E-state index in [2.05, 4.69) is 11.7 Å². The summed E-state index contributed by atoms with van der Waals surface area (Å²) in [6, 6.07) is 4.56. The number of allylic oxidation sites excluding steroid dienone is 1. The number of hydrogen-bond acceptors (Lipinski definition) is 1. The Kier molecular flexibility index (Phi) is 6.28. The standard InChI is InChI=1S/C25H24F6O/c1-2-3-14-4-6-15(7-5-14)18-11-21(27)24(22(28)12-18)19-8-16-10-20(26)23(13-17(16)9-19)32-25(29,30)31/h8,10-15H,2-7,9H2,1H3. The fourth-order valence-corrected chi connectivity index (χ4v) is 5.03. The molecule has 1 nitrogen and oxygen atoms in total. The average molecular weight is 454 g/mol. The number of hydrogen-bond donors (Lipinski definition) is 0. The summed E-state index contributed by atoms with van der Waals surface area (Å²) in [5.74, 6) is -2.76. The third-order valence-electron chi connectivity index (χ3n) is 6.53. The maximum Gasteiger partial charge on any atom is 0.573 e. The first-order valence-electron chi connectivity index (χ1n) is 10.9. The summed E-state index contributed by atoms with van der Waals surface area (Å²) in [5, 5.41) is 0. The van der Waals surface area contributed by atoms with Gasteiger partial charge in [-0.1, -0.05) is 25.8 Å². The molecule has 4 rings (SSSR count). The zero-order valence-corrected chi connectivity index (χ0v) is 17.7. The summed E-state index contributed by atoms with van der Waals surface area (Å²) >= 11 is 0. The van der Waals surface area contributed by atoms with Gasteiger partial charge in [0, 0.05) is 5.56 Å². The van der Waals surface area contributed by atoms with E-state index < -0.39 is 29.6 Å². The highest BCUT2D eigenvalue weighted by Gasteiger charge is 2.33. The first-order valence-corrected chi connectivity index (χ1v) is 10.9. The molecular weight excluding hydrogens is 430 g/mol. The van der Waals surface area contributed by atoms with Crippen molar-refractivity contribution in [3.05, 3.63) is 64.0 Å². The molecule has 0 amide bonds. The molecule has 1 fully saturated rings. The molecule has 2 aromatic rings. The van der Waals surface area contributed by atoms with Crippen molar-refractivity contribution in [2.24, 2.45) is 5.92 Å². The summed E-state index contributed by atoms with van der Waals surface area (Å²) in [4.78, 5) is 0. The van der Waals surface area contributed by atoms with Crippen molar-refractivity contribution in [3.63, 3.8) is 0 Å². The zero-order chi connectivity index (χ0) is 23.0. The van der Waals surface area contributed by atoms with Crippen LogP contribution in [0.15, 0.2) is 24.3 Å². The Morgan fingerprint density at radius 1 is 0.906 bits per heavy atom. The lowest BCUT2D eigenvalue weighted by Gasteiger charge is -2.29. The molecule has 172 valence electrons. The highest BCUT2D eigenvalue weighted by atomic mass is 19.4. The van der Waals surface area contributed by atoms with Gasteiger partial charge in [0.15, 0.2) is 11.6 Å². The van der Waals surface area contributed by atoms with Crippen molar-refractivity contribution in [1.82, 2.24) is 0 Å². The van der Waals surface area contributed by atoms with E-state index >= 15 is 0 Å². The number of ether oxygens (including phenoxy) is 1. The Morgan fingerprint density at radius 2 is 1.56 bits per heavy atom. The third kappa shape index (κ3) is 4.81. The van der Waals surface area contributed by atoms with Gasteiger partial charge in [0.05, 0.1) is 0 Å². The second kappa shape index (κ2) is 8.83. The van der Waals surface area contributed by atoms with Gasteiger partial charge in [-0.2, -0.15) is 0 Å². The van der Waals surface area contributed by atoms with Crippen LogP contribution >= 0.6 is 0 Å². The van der Waals surface area contributed by atoms with Gasteiger partial charge < -0.3 is 4.74 Å². The molecule has 0 atom stereocenters. The summed E-state index contributed by atoms with van der Waals surface area (Å²) in [7, 11) is 0. The van der Waals surface area contributed by atoms with Crippen LogP contribution in [0.1, 0.15) is 73.6 Å². The van der Waals surface area contributed by atoms with Crippen LogP contribution in [-0.4, -0.2) is 6.36 Å². The summed E-state index contributed by atoms with van der Waals surface area (Å²) in [6.07, 6.45) is 2.59. The molecule has 7 heteroatoms. The molecule has 0 spiro atoms. The van der Waals surface area contributed by atoms with Crippen molar-refractivity contribution in [1.29, 1.82) is 0 Å². The van der Waals surface area contributed by atoms with E-state index in [-0.39, 0.29) is 29.0 Å². The Hall–Kier alpha value is -2.44. The van der Waals surface area contributed by atoms with Crippen molar-refractivity contribution in [2.75, 3.05) is 0 Å². The van der Waals surface area contributed by atoms with E-state index in [0.29, 0.717) is 17.0 Å². The lowest BCUT2D eigenvalue weighted by Crippen LogP contribution is -2.18. The van der Waals surface area contributed by atoms with E-state index in [1.807, 2.05) is 0 Å². The number of halogens is 6. The molecule has 2 aromatic carbocycles. The van der Waals surface area contributed by atoms with Crippen LogP contribution in [0.5, 0.6) is 5.75 Å². The quantitative estimate of drug-likeness (QED) is 0.414. The number of rotatable bonds is 5. The summed E-state index contributed by atoms with van der Waals surface area (Å²) in [6.45, 7) is 2.16. The van der Waals surface area contributed by atoms with Crippen LogP contribution in [0.4, 0.5) is 26.3 Å². The minimum absolute atomic E-state index is 0.0147. The minimum atomic E-state index is -5.03. The van der Waals surface area contributed by atoms with Crippen LogP contribution < -0.4 is 4.74 Å². The molecule has 0 saturated heterocycles. The largest absolute Gasteiger partial charge is 0.573 e. The van der Waals surface area contributed by atoms with E-state index in [9.17, 15) is 26.3 Å². The Bertz CT molecular complexity index is 1010. The smallest absolute Gasteiger partial charge is 0.403 e. The summed E-state index contributed by atoms with van der Waals surface area (Å²) < 4.78 is 85.1. The lowest BCUT2D eigenvalue weighted by atomic mass is 9.77. The average Bonchev–Trinajstić information content (AvgIpc) is 3.09. The second-order valence-corrected chi connectivity index (χ2v) is 8.74. The fourth-order valence-electron chi connectivity index (χ4n) is 5.03. The molecule has 0 N–H and O–H groups in total. The molecule has 0 aromatic heterocycles.